The van der Waals surface area contributed by atoms with Gasteiger partial charge >= 0.3 is 5.97 Å². The molecule has 0 aromatic carbocycles. The number of hydrazone groups is 1. The number of fused-ring (bicyclic) bond motifs is 1. The lowest BCUT2D eigenvalue weighted by atomic mass is 10.1. The molecule has 0 unspecified atom stereocenters. The number of esters is 1. The maximum Gasteiger partial charge on any atom is 0.358 e. The standard InChI is InChI=1S/C15H19N5O4/c1-24-15(23)12-8-11-9-19(6-7-20(11)18-12)14(22)5-3-10-2-4-13(21)17-16-10/h8H,2-7,9H2,1H3,(H,17,21). The molecule has 3 rings (SSSR count). The molecule has 128 valence electrons. The van der Waals surface area contributed by atoms with Crippen LogP contribution in [0.5, 0.6) is 0 Å². The highest BCUT2D eigenvalue weighted by atomic mass is 16.5. The van der Waals surface area contributed by atoms with E-state index in [1.807, 2.05) is 0 Å². The van der Waals surface area contributed by atoms with Gasteiger partial charge < -0.3 is 9.64 Å². The van der Waals surface area contributed by atoms with Crippen molar-refractivity contribution in [3.05, 3.63) is 17.5 Å². The molecule has 0 saturated carbocycles. The van der Waals surface area contributed by atoms with E-state index in [-0.39, 0.29) is 17.5 Å². The molecule has 2 amide bonds. The number of aromatic nitrogens is 2. The first-order valence-electron chi connectivity index (χ1n) is 7.84. The summed E-state index contributed by atoms with van der Waals surface area (Å²) in [5.41, 5.74) is 4.36. The number of carbonyl (C=O) groups excluding carboxylic acids is 3. The second-order valence-corrected chi connectivity index (χ2v) is 5.76. The third-order valence-corrected chi connectivity index (χ3v) is 4.15. The summed E-state index contributed by atoms with van der Waals surface area (Å²) >= 11 is 0. The molecule has 2 aliphatic rings. The number of hydrogen-bond donors (Lipinski definition) is 1. The van der Waals surface area contributed by atoms with Crippen LogP contribution in [0.2, 0.25) is 0 Å². The van der Waals surface area contributed by atoms with Crippen LogP contribution in [-0.4, -0.2) is 51.8 Å². The number of nitrogens with zero attached hydrogens (tertiary/aromatic N) is 4. The highest BCUT2D eigenvalue weighted by molar-refractivity contribution is 5.94. The number of methoxy groups -OCH3 is 1. The first-order chi connectivity index (χ1) is 11.6. The number of ether oxygens (including phenoxy) is 1. The monoisotopic (exact) mass is 333 g/mol. The van der Waals surface area contributed by atoms with Crippen LogP contribution in [0.3, 0.4) is 0 Å². The first-order valence-corrected chi connectivity index (χ1v) is 7.84. The molecule has 0 atom stereocenters. The van der Waals surface area contributed by atoms with Gasteiger partial charge in [0.05, 0.1) is 25.9 Å². The van der Waals surface area contributed by atoms with Crippen molar-refractivity contribution in [2.45, 2.75) is 38.8 Å². The zero-order valence-electron chi connectivity index (χ0n) is 13.4. The van der Waals surface area contributed by atoms with E-state index in [0.29, 0.717) is 45.3 Å². The largest absolute Gasteiger partial charge is 0.464 e. The van der Waals surface area contributed by atoms with Gasteiger partial charge in [-0.15, -0.1) is 0 Å². The average molecular weight is 333 g/mol. The molecular formula is C15H19N5O4. The molecule has 0 bridgehead atoms. The summed E-state index contributed by atoms with van der Waals surface area (Å²) in [7, 11) is 1.31. The SMILES string of the molecule is COC(=O)c1cc2n(n1)CCN(C(=O)CCC1=NNC(=O)CC1)C2. The van der Waals surface area contributed by atoms with E-state index in [1.165, 1.54) is 7.11 Å². The van der Waals surface area contributed by atoms with Gasteiger partial charge in [-0.3, -0.25) is 14.3 Å². The highest BCUT2D eigenvalue weighted by Gasteiger charge is 2.24. The molecule has 1 aromatic rings. The number of amides is 2. The summed E-state index contributed by atoms with van der Waals surface area (Å²) in [6, 6.07) is 1.66. The van der Waals surface area contributed by atoms with Crippen molar-refractivity contribution in [1.29, 1.82) is 0 Å². The summed E-state index contributed by atoms with van der Waals surface area (Å²) in [6.45, 7) is 1.53. The van der Waals surface area contributed by atoms with Gasteiger partial charge in [-0.2, -0.15) is 10.2 Å². The van der Waals surface area contributed by atoms with E-state index >= 15 is 0 Å². The van der Waals surface area contributed by atoms with Crippen molar-refractivity contribution in [2.75, 3.05) is 13.7 Å². The normalized spacial score (nSPS) is 17.0. The number of rotatable bonds is 4. The van der Waals surface area contributed by atoms with Crippen molar-refractivity contribution in [3.63, 3.8) is 0 Å². The predicted octanol–water partition coefficient (Wildman–Crippen LogP) is 0.0581. The third-order valence-electron chi connectivity index (χ3n) is 4.15. The topological polar surface area (TPSA) is 106 Å². The number of nitrogens with one attached hydrogen (secondary N) is 1. The predicted molar refractivity (Wildman–Crippen MR) is 83.0 cm³/mol. The van der Waals surface area contributed by atoms with Crippen LogP contribution in [0.25, 0.3) is 0 Å². The molecule has 9 heteroatoms. The average Bonchev–Trinajstić information content (AvgIpc) is 3.03. The lowest BCUT2D eigenvalue weighted by Gasteiger charge is -2.27. The van der Waals surface area contributed by atoms with Crippen LogP contribution in [-0.2, 0) is 27.4 Å². The van der Waals surface area contributed by atoms with Gasteiger partial charge in [-0.05, 0) is 18.9 Å². The zero-order valence-corrected chi connectivity index (χ0v) is 13.4. The molecule has 3 heterocycles. The van der Waals surface area contributed by atoms with Crippen LogP contribution >= 0.6 is 0 Å². The molecule has 1 N–H and O–H groups in total. The van der Waals surface area contributed by atoms with Crippen molar-refractivity contribution in [1.82, 2.24) is 20.1 Å². The van der Waals surface area contributed by atoms with Crippen molar-refractivity contribution in [3.8, 4) is 0 Å². The zero-order chi connectivity index (χ0) is 17.1. The lowest BCUT2D eigenvalue weighted by Crippen LogP contribution is -2.38. The van der Waals surface area contributed by atoms with Crippen LogP contribution in [0.15, 0.2) is 11.2 Å². The molecule has 0 spiro atoms. The van der Waals surface area contributed by atoms with E-state index in [1.54, 1.807) is 15.6 Å². The van der Waals surface area contributed by atoms with E-state index in [0.717, 1.165) is 11.4 Å². The molecule has 9 nitrogen and oxygen atoms in total. The minimum atomic E-state index is -0.480. The van der Waals surface area contributed by atoms with Gasteiger partial charge in [-0.25, -0.2) is 10.2 Å². The molecule has 1 aromatic heterocycles. The van der Waals surface area contributed by atoms with E-state index in [9.17, 15) is 14.4 Å². The Labute approximate surface area is 138 Å². The first kappa shape index (κ1) is 16.2. The Morgan fingerprint density at radius 1 is 1.33 bits per heavy atom. The van der Waals surface area contributed by atoms with Crippen LogP contribution in [0.1, 0.15) is 41.9 Å². The van der Waals surface area contributed by atoms with Crippen LogP contribution in [0.4, 0.5) is 0 Å². The summed E-state index contributed by atoms with van der Waals surface area (Å²) < 4.78 is 6.40. The fourth-order valence-electron chi connectivity index (χ4n) is 2.78. The minimum Gasteiger partial charge on any atom is -0.464 e. The maximum absolute atomic E-state index is 12.4. The molecule has 0 aliphatic carbocycles. The van der Waals surface area contributed by atoms with Crippen LogP contribution in [0, 0.1) is 0 Å². The second kappa shape index (κ2) is 6.81. The van der Waals surface area contributed by atoms with Crippen molar-refractivity contribution < 1.29 is 19.1 Å². The maximum atomic E-state index is 12.4. The van der Waals surface area contributed by atoms with Crippen LogP contribution < -0.4 is 5.43 Å². The van der Waals surface area contributed by atoms with E-state index in [4.69, 9.17) is 0 Å². The van der Waals surface area contributed by atoms with Gasteiger partial charge in [0, 0.05) is 25.1 Å². The van der Waals surface area contributed by atoms with Gasteiger partial charge in [0.2, 0.25) is 11.8 Å². The molecule has 0 fully saturated rings. The highest BCUT2D eigenvalue weighted by Crippen LogP contribution is 2.16. The Kier molecular flexibility index (Phi) is 4.59. The Balaban J connectivity index is 1.56. The summed E-state index contributed by atoms with van der Waals surface area (Å²) in [5.74, 6) is -0.537. The Morgan fingerprint density at radius 2 is 2.17 bits per heavy atom. The third kappa shape index (κ3) is 3.44. The van der Waals surface area contributed by atoms with Gasteiger partial charge in [0.15, 0.2) is 5.69 Å². The Morgan fingerprint density at radius 3 is 2.88 bits per heavy atom. The Bertz CT molecular complexity index is 709. The van der Waals surface area contributed by atoms with Gasteiger partial charge in [0.1, 0.15) is 0 Å². The fourth-order valence-corrected chi connectivity index (χ4v) is 2.78. The molecule has 24 heavy (non-hydrogen) atoms. The minimum absolute atomic E-state index is 0.0293. The summed E-state index contributed by atoms with van der Waals surface area (Å²) in [6.07, 6.45) is 1.93. The fraction of sp³-hybridized carbons (Fsp3) is 0.533. The van der Waals surface area contributed by atoms with Gasteiger partial charge in [0.25, 0.3) is 0 Å². The molecule has 0 saturated heterocycles. The van der Waals surface area contributed by atoms with Gasteiger partial charge in [-0.1, -0.05) is 0 Å². The summed E-state index contributed by atoms with van der Waals surface area (Å²) in [4.78, 5) is 36.7. The van der Waals surface area contributed by atoms with Crippen molar-refractivity contribution in [2.24, 2.45) is 5.10 Å². The lowest BCUT2D eigenvalue weighted by molar-refractivity contribution is -0.132. The quantitative estimate of drug-likeness (QED) is 0.784. The van der Waals surface area contributed by atoms with E-state index < -0.39 is 5.97 Å². The molecule has 0 radical (unpaired) electrons. The molecule has 2 aliphatic heterocycles. The number of carbonyl (C=O) groups is 3. The molecular weight excluding hydrogens is 314 g/mol. The van der Waals surface area contributed by atoms with Crippen molar-refractivity contribution >= 4 is 23.5 Å². The Hall–Kier alpha value is -2.71. The number of hydrogen-bond acceptors (Lipinski definition) is 6. The smallest absolute Gasteiger partial charge is 0.358 e. The second-order valence-electron chi connectivity index (χ2n) is 5.76. The summed E-state index contributed by atoms with van der Waals surface area (Å²) in [5, 5.41) is 8.16. The van der Waals surface area contributed by atoms with E-state index in [2.05, 4.69) is 20.4 Å².